The van der Waals surface area contributed by atoms with Crippen molar-refractivity contribution in [2.45, 2.75) is 38.8 Å². The first-order valence-corrected chi connectivity index (χ1v) is 8.22. The lowest BCUT2D eigenvalue weighted by Crippen LogP contribution is -2.46. The number of aryl methyl sites for hydroxylation is 1. The summed E-state index contributed by atoms with van der Waals surface area (Å²) in [5, 5.41) is 5.51. The van der Waals surface area contributed by atoms with E-state index in [4.69, 9.17) is 4.74 Å². The molecule has 2 aromatic rings. The second-order valence-corrected chi connectivity index (χ2v) is 6.10. The number of hydrogen-bond acceptors (Lipinski definition) is 4. The molecule has 1 aliphatic heterocycles. The van der Waals surface area contributed by atoms with Crippen molar-refractivity contribution >= 4 is 22.8 Å². The molecule has 1 aliphatic rings. The van der Waals surface area contributed by atoms with Crippen LogP contribution in [0.1, 0.15) is 30.7 Å². The minimum absolute atomic E-state index is 0.0974. The van der Waals surface area contributed by atoms with Crippen molar-refractivity contribution in [2.75, 3.05) is 13.2 Å². The van der Waals surface area contributed by atoms with E-state index in [0.29, 0.717) is 18.8 Å². The van der Waals surface area contributed by atoms with E-state index >= 15 is 0 Å². The largest absolute Gasteiger partial charge is 0.364 e. The van der Waals surface area contributed by atoms with Crippen LogP contribution in [0.3, 0.4) is 0 Å². The standard InChI is InChI=1S/C17H22N4O3/c1-11-5-6-12-14(8-11)20-15(19-12)9-24-10-16(22)21-13-4-2-3-7-18-17(13)23/h5-6,8,13H,2-4,7,9-10H2,1H3,(H,18,23)(H,19,20)(H,21,22)/t13-/m0/s1. The number of benzene rings is 1. The maximum absolute atomic E-state index is 11.9. The highest BCUT2D eigenvalue weighted by Gasteiger charge is 2.22. The van der Waals surface area contributed by atoms with Crippen LogP contribution in [0, 0.1) is 6.92 Å². The van der Waals surface area contributed by atoms with Crippen molar-refractivity contribution in [1.82, 2.24) is 20.6 Å². The Hall–Kier alpha value is -2.41. The summed E-state index contributed by atoms with van der Waals surface area (Å²) in [6, 6.07) is 5.50. The van der Waals surface area contributed by atoms with Gasteiger partial charge in [0.1, 0.15) is 25.1 Å². The summed E-state index contributed by atoms with van der Waals surface area (Å²) in [4.78, 5) is 31.3. The molecule has 3 rings (SSSR count). The lowest BCUT2D eigenvalue weighted by molar-refractivity contribution is -0.131. The smallest absolute Gasteiger partial charge is 0.246 e. The Bertz CT molecular complexity index is 741. The third kappa shape index (κ3) is 4.11. The first kappa shape index (κ1) is 16.4. The van der Waals surface area contributed by atoms with Gasteiger partial charge in [-0.1, -0.05) is 6.07 Å². The normalized spacial score (nSPS) is 18.2. The number of carbonyl (C=O) groups is 2. The van der Waals surface area contributed by atoms with E-state index < -0.39 is 6.04 Å². The van der Waals surface area contributed by atoms with Crippen molar-refractivity contribution in [3.8, 4) is 0 Å². The lowest BCUT2D eigenvalue weighted by Gasteiger charge is -2.14. The second-order valence-electron chi connectivity index (χ2n) is 6.10. The maximum atomic E-state index is 11.9. The third-order valence-electron chi connectivity index (χ3n) is 4.03. The summed E-state index contributed by atoms with van der Waals surface area (Å²) in [7, 11) is 0. The highest BCUT2D eigenvalue weighted by Crippen LogP contribution is 2.13. The summed E-state index contributed by atoms with van der Waals surface area (Å²) in [6.45, 7) is 2.82. The van der Waals surface area contributed by atoms with Crippen molar-refractivity contribution in [1.29, 1.82) is 0 Å². The second kappa shape index (κ2) is 7.44. The zero-order chi connectivity index (χ0) is 16.9. The summed E-state index contributed by atoms with van der Waals surface area (Å²) >= 11 is 0. The average molecular weight is 330 g/mol. The molecule has 1 atom stereocenters. The van der Waals surface area contributed by atoms with Gasteiger partial charge in [-0.15, -0.1) is 0 Å². The summed E-state index contributed by atoms with van der Waals surface area (Å²) < 4.78 is 5.41. The van der Waals surface area contributed by atoms with Crippen LogP contribution in [0.15, 0.2) is 18.2 Å². The quantitative estimate of drug-likeness (QED) is 0.767. The van der Waals surface area contributed by atoms with Gasteiger partial charge in [-0.05, 0) is 43.9 Å². The number of aromatic amines is 1. The van der Waals surface area contributed by atoms with Crippen LogP contribution in [-0.4, -0.2) is 41.0 Å². The fourth-order valence-electron chi connectivity index (χ4n) is 2.80. The van der Waals surface area contributed by atoms with Crippen molar-refractivity contribution in [3.63, 3.8) is 0 Å². The van der Waals surface area contributed by atoms with Gasteiger partial charge in [0.15, 0.2) is 0 Å². The molecule has 0 aliphatic carbocycles. The number of H-pyrrole nitrogens is 1. The Morgan fingerprint density at radius 3 is 3.17 bits per heavy atom. The molecule has 0 radical (unpaired) electrons. The predicted octanol–water partition coefficient (Wildman–Crippen LogP) is 1.17. The van der Waals surface area contributed by atoms with E-state index in [-0.39, 0.29) is 25.0 Å². The Morgan fingerprint density at radius 2 is 2.29 bits per heavy atom. The fourth-order valence-corrected chi connectivity index (χ4v) is 2.80. The SMILES string of the molecule is Cc1ccc2nc(COCC(=O)N[C@H]3CCCCNC3=O)[nH]c2c1. The van der Waals surface area contributed by atoms with E-state index in [9.17, 15) is 9.59 Å². The molecule has 7 nitrogen and oxygen atoms in total. The Morgan fingerprint density at radius 1 is 1.42 bits per heavy atom. The first-order valence-electron chi connectivity index (χ1n) is 8.22. The summed E-state index contributed by atoms with van der Waals surface area (Å²) in [5.74, 6) is 0.271. The van der Waals surface area contributed by atoms with E-state index in [1.165, 1.54) is 0 Å². The summed E-state index contributed by atoms with van der Waals surface area (Å²) in [6.07, 6.45) is 2.53. The molecule has 1 aromatic carbocycles. The predicted molar refractivity (Wildman–Crippen MR) is 89.3 cm³/mol. The number of rotatable bonds is 5. The van der Waals surface area contributed by atoms with E-state index in [1.54, 1.807) is 0 Å². The van der Waals surface area contributed by atoms with E-state index in [1.807, 2.05) is 25.1 Å². The molecule has 1 saturated heterocycles. The maximum Gasteiger partial charge on any atom is 0.246 e. The van der Waals surface area contributed by atoms with Crippen molar-refractivity contribution < 1.29 is 14.3 Å². The number of imidazole rings is 1. The third-order valence-corrected chi connectivity index (χ3v) is 4.03. The average Bonchev–Trinajstić information content (AvgIpc) is 2.83. The van der Waals surface area contributed by atoms with E-state index in [0.717, 1.165) is 29.4 Å². The molecule has 7 heteroatoms. The van der Waals surface area contributed by atoms with Crippen LogP contribution < -0.4 is 10.6 Å². The van der Waals surface area contributed by atoms with Gasteiger partial charge in [-0.3, -0.25) is 9.59 Å². The van der Waals surface area contributed by atoms with Crippen LogP contribution in [-0.2, 0) is 20.9 Å². The van der Waals surface area contributed by atoms with Crippen molar-refractivity contribution in [3.05, 3.63) is 29.6 Å². The first-order chi connectivity index (χ1) is 11.6. The molecule has 128 valence electrons. The van der Waals surface area contributed by atoms with Gasteiger partial charge in [0.25, 0.3) is 0 Å². The number of nitrogens with one attached hydrogen (secondary N) is 3. The molecule has 2 heterocycles. The molecule has 24 heavy (non-hydrogen) atoms. The minimum atomic E-state index is -0.460. The molecule has 0 unspecified atom stereocenters. The number of amides is 2. The van der Waals surface area contributed by atoms with Crippen molar-refractivity contribution in [2.24, 2.45) is 0 Å². The Labute approximate surface area is 140 Å². The van der Waals surface area contributed by atoms with Gasteiger partial charge in [0, 0.05) is 6.54 Å². The molecular weight excluding hydrogens is 308 g/mol. The zero-order valence-corrected chi connectivity index (χ0v) is 13.7. The van der Waals surface area contributed by atoms with Gasteiger partial charge < -0.3 is 20.4 Å². The van der Waals surface area contributed by atoms with Gasteiger partial charge in [-0.2, -0.15) is 0 Å². The van der Waals surface area contributed by atoms with Crippen LogP contribution in [0.25, 0.3) is 11.0 Å². The Balaban J connectivity index is 1.48. The van der Waals surface area contributed by atoms with Crippen LogP contribution in [0.5, 0.6) is 0 Å². The molecular formula is C17H22N4O3. The fraction of sp³-hybridized carbons (Fsp3) is 0.471. The number of fused-ring (bicyclic) bond motifs is 1. The molecule has 3 N–H and O–H groups in total. The minimum Gasteiger partial charge on any atom is -0.364 e. The van der Waals surface area contributed by atoms with Crippen LogP contribution >= 0.6 is 0 Å². The van der Waals surface area contributed by atoms with Gasteiger partial charge >= 0.3 is 0 Å². The van der Waals surface area contributed by atoms with Gasteiger partial charge in [0.05, 0.1) is 11.0 Å². The molecule has 1 aromatic heterocycles. The molecule has 0 bridgehead atoms. The number of hydrogen-bond donors (Lipinski definition) is 3. The van der Waals surface area contributed by atoms with Crippen LogP contribution in [0.4, 0.5) is 0 Å². The number of aromatic nitrogens is 2. The van der Waals surface area contributed by atoms with E-state index in [2.05, 4.69) is 20.6 Å². The molecule has 1 fully saturated rings. The molecule has 2 amide bonds. The zero-order valence-electron chi connectivity index (χ0n) is 13.7. The Kier molecular flexibility index (Phi) is 5.10. The van der Waals surface area contributed by atoms with Crippen LogP contribution in [0.2, 0.25) is 0 Å². The number of ether oxygens (including phenoxy) is 1. The molecule has 0 spiro atoms. The number of nitrogens with zero attached hydrogens (tertiary/aromatic N) is 1. The topological polar surface area (TPSA) is 96.1 Å². The monoisotopic (exact) mass is 330 g/mol. The summed E-state index contributed by atoms with van der Waals surface area (Å²) in [5.41, 5.74) is 2.98. The molecule has 0 saturated carbocycles. The highest BCUT2D eigenvalue weighted by atomic mass is 16.5. The highest BCUT2D eigenvalue weighted by molar-refractivity contribution is 5.88. The lowest BCUT2D eigenvalue weighted by atomic mass is 10.1. The van der Waals surface area contributed by atoms with Gasteiger partial charge in [0.2, 0.25) is 11.8 Å². The number of carbonyl (C=O) groups excluding carboxylic acids is 2. The van der Waals surface area contributed by atoms with Gasteiger partial charge in [-0.25, -0.2) is 4.98 Å².